The molecule has 0 aliphatic heterocycles. The van der Waals surface area contributed by atoms with Crippen molar-refractivity contribution in [1.29, 1.82) is 0 Å². The maximum Gasteiger partial charge on any atom is 0.241 e. The first-order valence-corrected chi connectivity index (χ1v) is 5.77. The average molecular weight is 209 g/mol. The van der Waals surface area contributed by atoms with E-state index < -0.39 is 0 Å². The molecule has 2 rings (SSSR count). The van der Waals surface area contributed by atoms with Crippen molar-refractivity contribution in [3.05, 3.63) is 0 Å². The van der Waals surface area contributed by atoms with E-state index in [0.717, 1.165) is 12.5 Å². The van der Waals surface area contributed by atoms with Gasteiger partial charge in [-0.15, -0.1) is 5.10 Å². The Morgan fingerprint density at radius 1 is 1.40 bits per heavy atom. The summed E-state index contributed by atoms with van der Waals surface area (Å²) in [5, 5.41) is 7.48. The fraction of sp³-hybridized carbons (Fsp3) is 0.800. The SMILES string of the molecule is CCNc1nc(N)nn1C1CCCCC1. The second-order valence-electron chi connectivity index (χ2n) is 4.06. The van der Waals surface area contributed by atoms with Crippen molar-refractivity contribution in [1.82, 2.24) is 14.8 Å². The fourth-order valence-electron chi connectivity index (χ4n) is 2.20. The Bertz CT molecular complexity index is 314. The summed E-state index contributed by atoms with van der Waals surface area (Å²) in [6, 6.07) is 0.484. The zero-order chi connectivity index (χ0) is 10.7. The van der Waals surface area contributed by atoms with Gasteiger partial charge in [0, 0.05) is 6.54 Å². The molecule has 5 nitrogen and oxygen atoms in total. The number of rotatable bonds is 3. The van der Waals surface area contributed by atoms with Crippen LogP contribution in [0.2, 0.25) is 0 Å². The molecule has 0 bridgehead atoms. The highest BCUT2D eigenvalue weighted by molar-refractivity contribution is 5.32. The summed E-state index contributed by atoms with van der Waals surface area (Å²) >= 11 is 0. The molecule has 1 aromatic heterocycles. The topological polar surface area (TPSA) is 68.8 Å². The number of hydrogen-bond donors (Lipinski definition) is 2. The number of aromatic nitrogens is 3. The zero-order valence-electron chi connectivity index (χ0n) is 9.24. The summed E-state index contributed by atoms with van der Waals surface area (Å²) in [5.41, 5.74) is 5.63. The molecule has 15 heavy (non-hydrogen) atoms. The Balaban J connectivity index is 2.17. The normalized spacial score (nSPS) is 17.9. The molecule has 1 heterocycles. The van der Waals surface area contributed by atoms with Gasteiger partial charge in [0.05, 0.1) is 6.04 Å². The molecular weight excluding hydrogens is 190 g/mol. The molecule has 84 valence electrons. The summed E-state index contributed by atoms with van der Waals surface area (Å²) in [6.07, 6.45) is 6.31. The second-order valence-corrected chi connectivity index (χ2v) is 4.06. The maximum atomic E-state index is 5.63. The van der Waals surface area contributed by atoms with Crippen molar-refractivity contribution in [3.8, 4) is 0 Å². The van der Waals surface area contributed by atoms with Gasteiger partial charge in [-0.1, -0.05) is 19.3 Å². The van der Waals surface area contributed by atoms with Crippen molar-refractivity contribution >= 4 is 11.9 Å². The lowest BCUT2D eigenvalue weighted by molar-refractivity contribution is 0.332. The minimum Gasteiger partial charge on any atom is -0.366 e. The molecule has 1 aliphatic rings. The molecule has 1 fully saturated rings. The monoisotopic (exact) mass is 209 g/mol. The third-order valence-corrected chi connectivity index (χ3v) is 2.90. The molecule has 0 amide bonds. The first-order valence-electron chi connectivity index (χ1n) is 5.77. The van der Waals surface area contributed by atoms with Gasteiger partial charge in [-0.05, 0) is 19.8 Å². The largest absolute Gasteiger partial charge is 0.366 e. The van der Waals surface area contributed by atoms with Crippen LogP contribution < -0.4 is 11.1 Å². The summed E-state index contributed by atoms with van der Waals surface area (Å²) in [6.45, 7) is 2.90. The van der Waals surface area contributed by atoms with E-state index in [1.54, 1.807) is 0 Å². The smallest absolute Gasteiger partial charge is 0.241 e. The van der Waals surface area contributed by atoms with Gasteiger partial charge >= 0.3 is 0 Å². The molecular formula is C10H19N5. The van der Waals surface area contributed by atoms with Gasteiger partial charge in [0.15, 0.2) is 0 Å². The summed E-state index contributed by atoms with van der Waals surface area (Å²) in [5.74, 6) is 1.19. The van der Waals surface area contributed by atoms with E-state index in [2.05, 4.69) is 22.3 Å². The molecule has 0 aromatic carbocycles. The molecule has 0 saturated heterocycles. The molecule has 0 unspecified atom stereocenters. The minimum atomic E-state index is 0.372. The van der Waals surface area contributed by atoms with Crippen LogP contribution in [0.15, 0.2) is 0 Å². The van der Waals surface area contributed by atoms with E-state index in [1.165, 1.54) is 32.1 Å². The van der Waals surface area contributed by atoms with Crippen LogP contribution in [0.25, 0.3) is 0 Å². The van der Waals surface area contributed by atoms with E-state index in [1.807, 2.05) is 4.68 Å². The van der Waals surface area contributed by atoms with Gasteiger partial charge in [-0.3, -0.25) is 0 Å². The highest BCUT2D eigenvalue weighted by Gasteiger charge is 2.19. The zero-order valence-corrected chi connectivity index (χ0v) is 9.24. The number of anilines is 2. The fourth-order valence-corrected chi connectivity index (χ4v) is 2.20. The Labute approximate surface area is 90.1 Å². The van der Waals surface area contributed by atoms with Crippen LogP contribution in [0.1, 0.15) is 45.1 Å². The lowest BCUT2D eigenvalue weighted by Crippen LogP contribution is -2.17. The number of nitrogen functional groups attached to an aromatic ring is 1. The third kappa shape index (κ3) is 2.22. The molecule has 5 heteroatoms. The Kier molecular flexibility index (Phi) is 3.08. The highest BCUT2D eigenvalue weighted by atomic mass is 15.4. The molecule has 0 radical (unpaired) electrons. The van der Waals surface area contributed by atoms with E-state index in [9.17, 15) is 0 Å². The van der Waals surface area contributed by atoms with Crippen molar-refractivity contribution in [2.24, 2.45) is 0 Å². The van der Waals surface area contributed by atoms with Crippen LogP contribution in [0.4, 0.5) is 11.9 Å². The molecule has 0 atom stereocenters. The van der Waals surface area contributed by atoms with Gasteiger partial charge in [0.1, 0.15) is 0 Å². The van der Waals surface area contributed by atoms with Gasteiger partial charge in [-0.2, -0.15) is 4.98 Å². The minimum absolute atomic E-state index is 0.372. The van der Waals surface area contributed by atoms with Crippen LogP contribution in [-0.2, 0) is 0 Å². The summed E-state index contributed by atoms with van der Waals surface area (Å²) in [4.78, 5) is 4.19. The Morgan fingerprint density at radius 2 is 2.13 bits per heavy atom. The number of hydrogen-bond acceptors (Lipinski definition) is 4. The van der Waals surface area contributed by atoms with E-state index in [-0.39, 0.29) is 0 Å². The third-order valence-electron chi connectivity index (χ3n) is 2.90. The van der Waals surface area contributed by atoms with Crippen LogP contribution in [0.5, 0.6) is 0 Å². The summed E-state index contributed by atoms with van der Waals surface area (Å²) < 4.78 is 1.97. The van der Waals surface area contributed by atoms with E-state index in [0.29, 0.717) is 12.0 Å². The van der Waals surface area contributed by atoms with Crippen LogP contribution >= 0.6 is 0 Å². The van der Waals surface area contributed by atoms with Crippen molar-refractivity contribution in [2.45, 2.75) is 45.1 Å². The van der Waals surface area contributed by atoms with Gasteiger partial charge in [0.2, 0.25) is 11.9 Å². The van der Waals surface area contributed by atoms with Crippen LogP contribution in [-0.4, -0.2) is 21.3 Å². The molecule has 1 saturated carbocycles. The van der Waals surface area contributed by atoms with Crippen LogP contribution in [0.3, 0.4) is 0 Å². The summed E-state index contributed by atoms with van der Waals surface area (Å²) in [7, 11) is 0. The Hall–Kier alpha value is -1.26. The molecule has 0 spiro atoms. The van der Waals surface area contributed by atoms with Gasteiger partial charge in [0.25, 0.3) is 0 Å². The van der Waals surface area contributed by atoms with E-state index >= 15 is 0 Å². The first kappa shape index (κ1) is 10.3. The quantitative estimate of drug-likeness (QED) is 0.796. The average Bonchev–Trinajstić information content (AvgIpc) is 2.62. The molecule has 1 aliphatic carbocycles. The molecule has 3 N–H and O–H groups in total. The van der Waals surface area contributed by atoms with E-state index in [4.69, 9.17) is 5.73 Å². The van der Waals surface area contributed by atoms with Crippen molar-refractivity contribution in [3.63, 3.8) is 0 Å². The predicted octanol–water partition coefficient (Wildman–Crippen LogP) is 1.80. The molecule has 1 aromatic rings. The van der Waals surface area contributed by atoms with Crippen molar-refractivity contribution < 1.29 is 0 Å². The maximum absolute atomic E-state index is 5.63. The first-order chi connectivity index (χ1) is 7.31. The number of nitrogens with zero attached hydrogens (tertiary/aromatic N) is 3. The van der Waals surface area contributed by atoms with Gasteiger partial charge in [-0.25, -0.2) is 4.68 Å². The number of nitrogens with two attached hydrogens (primary N) is 1. The standard InChI is InChI=1S/C10H19N5/c1-2-12-10-13-9(11)14-15(10)8-6-4-3-5-7-8/h8H,2-7H2,1H3,(H3,11,12,13,14). The van der Waals surface area contributed by atoms with Crippen molar-refractivity contribution in [2.75, 3.05) is 17.6 Å². The number of nitrogens with one attached hydrogen (secondary N) is 1. The lowest BCUT2D eigenvalue weighted by Gasteiger charge is -2.22. The highest BCUT2D eigenvalue weighted by Crippen LogP contribution is 2.29. The lowest BCUT2D eigenvalue weighted by atomic mass is 9.96. The van der Waals surface area contributed by atoms with Gasteiger partial charge < -0.3 is 11.1 Å². The Morgan fingerprint density at radius 3 is 2.80 bits per heavy atom. The predicted molar refractivity (Wildman–Crippen MR) is 60.7 cm³/mol. The van der Waals surface area contributed by atoms with Crippen LogP contribution in [0, 0.1) is 0 Å². The second kappa shape index (κ2) is 4.51.